The van der Waals surface area contributed by atoms with Gasteiger partial charge in [0.15, 0.2) is 0 Å². The van der Waals surface area contributed by atoms with Gasteiger partial charge in [0.2, 0.25) is 5.91 Å². The van der Waals surface area contributed by atoms with E-state index in [1.807, 2.05) is 12.1 Å². The van der Waals surface area contributed by atoms with Gasteiger partial charge in [0.25, 0.3) is 0 Å². The zero-order valence-corrected chi connectivity index (χ0v) is 11.1. The Bertz CT molecular complexity index is 443. The fraction of sp³-hybridized carbons (Fsp3) is 0.500. The Hall–Kier alpha value is -1.71. The number of benzene rings is 1. The van der Waals surface area contributed by atoms with E-state index in [4.69, 9.17) is 5.73 Å². The van der Waals surface area contributed by atoms with E-state index >= 15 is 0 Å². The van der Waals surface area contributed by atoms with Crippen LogP contribution in [0.4, 0.5) is 11.4 Å². The van der Waals surface area contributed by atoms with E-state index in [0.29, 0.717) is 6.42 Å². The number of carbonyl (C=O) groups excluding carboxylic acids is 1. The van der Waals surface area contributed by atoms with Crippen LogP contribution >= 0.6 is 0 Å². The normalized spacial score (nSPS) is 14.2. The molecule has 2 rings (SSSR count). The van der Waals surface area contributed by atoms with Gasteiger partial charge in [-0.1, -0.05) is 12.1 Å². The first-order valence-electron chi connectivity index (χ1n) is 6.42. The predicted molar refractivity (Wildman–Crippen MR) is 74.7 cm³/mol. The fourth-order valence-electron chi connectivity index (χ4n) is 2.45. The number of fused-ring (bicyclic) bond motifs is 1. The minimum absolute atomic E-state index is 0.164. The topological polar surface area (TPSA) is 49.6 Å². The Labute approximate surface area is 108 Å². The SMILES string of the molecule is CN(C)C(=O)CCN1CCCc2cccc(N)c21. The highest BCUT2D eigenvalue weighted by atomic mass is 16.2. The second-order valence-corrected chi connectivity index (χ2v) is 4.98. The molecule has 1 aliphatic rings. The van der Waals surface area contributed by atoms with Gasteiger partial charge in [0.1, 0.15) is 0 Å². The first kappa shape index (κ1) is 12.7. The van der Waals surface area contributed by atoms with Crippen molar-refractivity contribution in [1.29, 1.82) is 0 Å². The third-order valence-electron chi connectivity index (χ3n) is 3.44. The number of amides is 1. The highest BCUT2D eigenvalue weighted by Crippen LogP contribution is 2.32. The second kappa shape index (κ2) is 5.29. The lowest BCUT2D eigenvalue weighted by molar-refractivity contribution is -0.128. The highest BCUT2D eigenvalue weighted by Gasteiger charge is 2.19. The minimum atomic E-state index is 0.164. The number of nitrogen functional groups attached to an aromatic ring is 1. The third-order valence-corrected chi connectivity index (χ3v) is 3.44. The lowest BCUT2D eigenvalue weighted by atomic mass is 10.0. The highest BCUT2D eigenvalue weighted by molar-refractivity contribution is 5.77. The Kier molecular flexibility index (Phi) is 3.75. The maximum atomic E-state index is 11.7. The molecule has 0 spiro atoms. The summed E-state index contributed by atoms with van der Waals surface area (Å²) < 4.78 is 0. The molecular weight excluding hydrogens is 226 g/mol. The standard InChI is InChI=1S/C14H21N3O/c1-16(2)13(18)8-10-17-9-4-6-11-5-3-7-12(15)14(11)17/h3,5,7H,4,6,8-10,15H2,1-2H3. The molecule has 0 bridgehead atoms. The summed E-state index contributed by atoms with van der Waals surface area (Å²) in [4.78, 5) is 15.5. The van der Waals surface area contributed by atoms with Gasteiger partial charge in [-0.15, -0.1) is 0 Å². The van der Waals surface area contributed by atoms with Crippen molar-refractivity contribution in [2.75, 3.05) is 37.8 Å². The van der Waals surface area contributed by atoms with Gasteiger partial charge >= 0.3 is 0 Å². The van der Waals surface area contributed by atoms with Crippen LogP contribution < -0.4 is 10.6 Å². The van der Waals surface area contributed by atoms with Crippen molar-refractivity contribution in [3.63, 3.8) is 0 Å². The minimum Gasteiger partial charge on any atom is -0.397 e. The molecule has 1 heterocycles. The van der Waals surface area contributed by atoms with Crippen LogP contribution in [0.15, 0.2) is 18.2 Å². The number of hydrogen-bond donors (Lipinski definition) is 1. The molecule has 1 aromatic rings. The molecule has 1 aromatic carbocycles. The summed E-state index contributed by atoms with van der Waals surface area (Å²) in [6.45, 7) is 1.74. The zero-order valence-electron chi connectivity index (χ0n) is 11.1. The summed E-state index contributed by atoms with van der Waals surface area (Å²) >= 11 is 0. The number of anilines is 2. The summed E-state index contributed by atoms with van der Waals surface area (Å²) in [6, 6.07) is 6.07. The number of rotatable bonds is 3. The lowest BCUT2D eigenvalue weighted by Gasteiger charge is -2.32. The van der Waals surface area contributed by atoms with Crippen LogP contribution in [0.1, 0.15) is 18.4 Å². The van der Waals surface area contributed by atoms with Crippen LogP contribution in [-0.2, 0) is 11.2 Å². The quantitative estimate of drug-likeness (QED) is 0.823. The van der Waals surface area contributed by atoms with E-state index in [0.717, 1.165) is 37.3 Å². The summed E-state index contributed by atoms with van der Waals surface area (Å²) in [5.41, 5.74) is 9.32. The van der Waals surface area contributed by atoms with Crippen LogP contribution in [0.25, 0.3) is 0 Å². The fourth-order valence-corrected chi connectivity index (χ4v) is 2.45. The first-order chi connectivity index (χ1) is 8.59. The van der Waals surface area contributed by atoms with Crippen LogP contribution in [0, 0.1) is 0 Å². The van der Waals surface area contributed by atoms with Gasteiger partial charge < -0.3 is 15.5 Å². The van der Waals surface area contributed by atoms with E-state index < -0.39 is 0 Å². The van der Waals surface area contributed by atoms with E-state index in [-0.39, 0.29) is 5.91 Å². The van der Waals surface area contributed by atoms with Crippen molar-refractivity contribution in [3.05, 3.63) is 23.8 Å². The largest absolute Gasteiger partial charge is 0.397 e. The van der Waals surface area contributed by atoms with Crippen molar-refractivity contribution in [2.24, 2.45) is 0 Å². The maximum Gasteiger partial charge on any atom is 0.223 e. The average Bonchev–Trinajstić information content (AvgIpc) is 2.36. The average molecular weight is 247 g/mol. The molecule has 0 aromatic heterocycles. The summed E-state index contributed by atoms with van der Waals surface area (Å²) in [5.74, 6) is 0.164. The van der Waals surface area contributed by atoms with Gasteiger partial charge in [0, 0.05) is 33.6 Å². The molecule has 0 unspecified atom stereocenters. The summed E-state index contributed by atoms with van der Waals surface area (Å²) in [5, 5.41) is 0. The van der Waals surface area contributed by atoms with Crippen LogP contribution in [0.3, 0.4) is 0 Å². The van der Waals surface area contributed by atoms with Gasteiger partial charge in [-0.2, -0.15) is 0 Å². The van der Waals surface area contributed by atoms with E-state index in [1.54, 1.807) is 19.0 Å². The predicted octanol–water partition coefficient (Wildman–Crippen LogP) is 1.50. The monoisotopic (exact) mass is 247 g/mol. The lowest BCUT2D eigenvalue weighted by Crippen LogP contribution is -2.34. The Balaban J connectivity index is 2.10. The molecule has 18 heavy (non-hydrogen) atoms. The van der Waals surface area contributed by atoms with Crippen molar-refractivity contribution in [2.45, 2.75) is 19.3 Å². The molecule has 4 nitrogen and oxygen atoms in total. The smallest absolute Gasteiger partial charge is 0.223 e. The van der Waals surface area contributed by atoms with Crippen molar-refractivity contribution < 1.29 is 4.79 Å². The Morgan fingerprint density at radius 2 is 2.22 bits per heavy atom. The van der Waals surface area contributed by atoms with Crippen molar-refractivity contribution in [3.8, 4) is 0 Å². The molecule has 0 aliphatic carbocycles. The first-order valence-corrected chi connectivity index (χ1v) is 6.42. The van der Waals surface area contributed by atoms with Gasteiger partial charge in [-0.25, -0.2) is 0 Å². The maximum absolute atomic E-state index is 11.7. The molecule has 2 N–H and O–H groups in total. The number of carbonyl (C=O) groups is 1. The second-order valence-electron chi connectivity index (χ2n) is 4.98. The van der Waals surface area contributed by atoms with Crippen LogP contribution in [0.2, 0.25) is 0 Å². The molecule has 0 saturated carbocycles. The molecule has 1 amide bonds. The molecule has 98 valence electrons. The van der Waals surface area contributed by atoms with Gasteiger partial charge in [-0.05, 0) is 24.5 Å². The van der Waals surface area contributed by atoms with Gasteiger partial charge in [0.05, 0.1) is 11.4 Å². The van der Waals surface area contributed by atoms with E-state index in [2.05, 4.69) is 11.0 Å². The van der Waals surface area contributed by atoms with Crippen LogP contribution in [0.5, 0.6) is 0 Å². The number of aryl methyl sites for hydroxylation is 1. The number of nitrogens with zero attached hydrogens (tertiary/aromatic N) is 2. The molecule has 0 fully saturated rings. The molecule has 0 radical (unpaired) electrons. The summed E-state index contributed by atoms with van der Waals surface area (Å²) in [7, 11) is 3.59. The third kappa shape index (κ3) is 2.58. The molecule has 0 atom stereocenters. The Morgan fingerprint density at radius 1 is 1.44 bits per heavy atom. The summed E-state index contributed by atoms with van der Waals surface area (Å²) in [6.07, 6.45) is 2.76. The molecule has 4 heteroatoms. The molecule has 0 saturated heterocycles. The molecular formula is C14H21N3O. The van der Waals surface area contributed by atoms with Crippen molar-refractivity contribution in [1.82, 2.24) is 4.90 Å². The van der Waals surface area contributed by atoms with Crippen LogP contribution in [-0.4, -0.2) is 38.0 Å². The van der Waals surface area contributed by atoms with Crippen molar-refractivity contribution >= 4 is 17.3 Å². The number of para-hydroxylation sites is 1. The van der Waals surface area contributed by atoms with Gasteiger partial charge in [-0.3, -0.25) is 4.79 Å². The number of nitrogens with two attached hydrogens (primary N) is 1. The van der Waals surface area contributed by atoms with E-state index in [9.17, 15) is 4.79 Å². The Morgan fingerprint density at radius 3 is 2.94 bits per heavy atom. The number of hydrogen-bond acceptors (Lipinski definition) is 3. The molecule has 1 aliphatic heterocycles. The van der Waals surface area contributed by atoms with E-state index in [1.165, 1.54) is 5.56 Å². The zero-order chi connectivity index (χ0) is 13.1.